The molecule has 0 aromatic carbocycles. The number of aromatic nitrogens is 1. The first-order valence-corrected chi connectivity index (χ1v) is 6.05. The molecular weight excluding hydrogens is 184 g/mol. The van der Waals surface area contributed by atoms with Gasteiger partial charge in [-0.05, 0) is 43.0 Å². The third-order valence-electron chi connectivity index (χ3n) is 3.24. The molecule has 0 spiro atoms. The van der Waals surface area contributed by atoms with E-state index in [1.165, 1.54) is 44.2 Å². The summed E-state index contributed by atoms with van der Waals surface area (Å²) in [7, 11) is 0. The number of nitrogens with zero attached hydrogens (tertiary/aromatic N) is 1. The van der Waals surface area contributed by atoms with Gasteiger partial charge < -0.3 is 5.32 Å². The van der Waals surface area contributed by atoms with E-state index in [2.05, 4.69) is 22.4 Å². The van der Waals surface area contributed by atoms with E-state index in [4.69, 9.17) is 0 Å². The molecule has 0 saturated heterocycles. The van der Waals surface area contributed by atoms with E-state index in [-0.39, 0.29) is 0 Å². The first kappa shape index (κ1) is 10.6. The van der Waals surface area contributed by atoms with Crippen LogP contribution in [0.5, 0.6) is 0 Å². The summed E-state index contributed by atoms with van der Waals surface area (Å²) in [6.07, 6.45) is 10.9. The Morgan fingerprint density at radius 3 is 2.60 bits per heavy atom. The topological polar surface area (TPSA) is 24.9 Å². The molecule has 1 fully saturated rings. The van der Waals surface area contributed by atoms with Gasteiger partial charge in [0, 0.05) is 18.9 Å². The molecule has 2 nitrogen and oxygen atoms in total. The molecule has 0 aliphatic heterocycles. The van der Waals surface area contributed by atoms with Crippen molar-refractivity contribution < 1.29 is 0 Å². The zero-order valence-electron chi connectivity index (χ0n) is 9.28. The third-order valence-corrected chi connectivity index (χ3v) is 3.24. The second-order valence-electron chi connectivity index (χ2n) is 4.49. The maximum absolute atomic E-state index is 4.02. The molecule has 1 heterocycles. The van der Waals surface area contributed by atoms with E-state index < -0.39 is 0 Å². The number of pyridine rings is 1. The molecule has 1 aromatic heterocycles. The lowest BCUT2D eigenvalue weighted by molar-refractivity contribution is 0.342. The van der Waals surface area contributed by atoms with Crippen LogP contribution in [0.1, 0.15) is 37.7 Å². The largest absolute Gasteiger partial charge is 0.312 e. The summed E-state index contributed by atoms with van der Waals surface area (Å²) < 4.78 is 0. The Labute approximate surface area is 92.1 Å². The Bertz CT molecular complexity index is 265. The molecule has 0 unspecified atom stereocenters. The maximum atomic E-state index is 4.02. The first-order chi connectivity index (χ1) is 7.45. The standard InChI is InChI=1S/C13H20N2/c1-2-4-12(5-3-1)10-15-11-13-6-8-14-9-7-13/h6-9,12,15H,1-5,10-11H2. The van der Waals surface area contributed by atoms with Gasteiger partial charge >= 0.3 is 0 Å². The lowest BCUT2D eigenvalue weighted by Crippen LogP contribution is -2.24. The lowest BCUT2D eigenvalue weighted by Gasteiger charge is -2.21. The van der Waals surface area contributed by atoms with E-state index in [9.17, 15) is 0 Å². The predicted molar refractivity (Wildman–Crippen MR) is 62.5 cm³/mol. The van der Waals surface area contributed by atoms with Crippen molar-refractivity contribution in [1.29, 1.82) is 0 Å². The maximum Gasteiger partial charge on any atom is 0.0271 e. The van der Waals surface area contributed by atoms with Crippen LogP contribution in [0.25, 0.3) is 0 Å². The number of nitrogens with one attached hydrogen (secondary N) is 1. The fourth-order valence-electron chi connectivity index (χ4n) is 2.31. The minimum atomic E-state index is 0.917. The normalized spacial score (nSPS) is 17.9. The van der Waals surface area contributed by atoms with Crippen LogP contribution in [-0.4, -0.2) is 11.5 Å². The van der Waals surface area contributed by atoms with E-state index in [0.29, 0.717) is 0 Å². The van der Waals surface area contributed by atoms with E-state index in [1.807, 2.05) is 12.4 Å². The van der Waals surface area contributed by atoms with E-state index in [1.54, 1.807) is 0 Å². The molecule has 0 amide bonds. The molecule has 1 N–H and O–H groups in total. The van der Waals surface area contributed by atoms with Crippen molar-refractivity contribution in [2.75, 3.05) is 6.54 Å². The summed E-state index contributed by atoms with van der Waals surface area (Å²) in [5, 5.41) is 3.54. The van der Waals surface area contributed by atoms with Gasteiger partial charge in [-0.2, -0.15) is 0 Å². The highest BCUT2D eigenvalue weighted by molar-refractivity contribution is 5.08. The van der Waals surface area contributed by atoms with Gasteiger partial charge in [0.25, 0.3) is 0 Å². The average molecular weight is 204 g/mol. The van der Waals surface area contributed by atoms with Crippen LogP contribution in [0.4, 0.5) is 0 Å². The van der Waals surface area contributed by atoms with Gasteiger partial charge in [0.2, 0.25) is 0 Å². The van der Waals surface area contributed by atoms with E-state index in [0.717, 1.165) is 12.5 Å². The molecule has 0 radical (unpaired) electrons. The second kappa shape index (κ2) is 5.86. The molecule has 0 bridgehead atoms. The zero-order valence-corrected chi connectivity index (χ0v) is 9.28. The predicted octanol–water partition coefficient (Wildman–Crippen LogP) is 2.75. The monoisotopic (exact) mass is 204 g/mol. The molecule has 1 aliphatic carbocycles. The zero-order chi connectivity index (χ0) is 10.3. The van der Waals surface area contributed by atoms with Gasteiger partial charge in [-0.25, -0.2) is 0 Å². The Morgan fingerprint density at radius 1 is 1.13 bits per heavy atom. The molecule has 82 valence electrons. The van der Waals surface area contributed by atoms with Gasteiger partial charge in [0.05, 0.1) is 0 Å². The van der Waals surface area contributed by atoms with Crippen molar-refractivity contribution in [1.82, 2.24) is 10.3 Å². The van der Waals surface area contributed by atoms with Crippen molar-refractivity contribution in [3.05, 3.63) is 30.1 Å². The van der Waals surface area contributed by atoms with Gasteiger partial charge in [-0.15, -0.1) is 0 Å². The summed E-state index contributed by atoms with van der Waals surface area (Å²) in [4.78, 5) is 4.02. The van der Waals surface area contributed by atoms with Gasteiger partial charge in [-0.1, -0.05) is 19.3 Å². The van der Waals surface area contributed by atoms with Gasteiger partial charge in [0.1, 0.15) is 0 Å². The fourth-order valence-corrected chi connectivity index (χ4v) is 2.31. The number of hydrogen-bond donors (Lipinski definition) is 1. The summed E-state index contributed by atoms with van der Waals surface area (Å²) in [5.74, 6) is 0.917. The second-order valence-corrected chi connectivity index (χ2v) is 4.49. The molecule has 2 heteroatoms. The van der Waals surface area contributed by atoms with Crippen LogP contribution in [-0.2, 0) is 6.54 Å². The summed E-state index contributed by atoms with van der Waals surface area (Å²) in [6.45, 7) is 2.17. The smallest absolute Gasteiger partial charge is 0.0271 e. The Kier molecular flexibility index (Phi) is 4.15. The van der Waals surface area contributed by atoms with Crippen LogP contribution < -0.4 is 5.32 Å². The first-order valence-electron chi connectivity index (χ1n) is 6.05. The van der Waals surface area contributed by atoms with Crippen molar-refractivity contribution in [2.24, 2.45) is 5.92 Å². The molecule has 1 saturated carbocycles. The van der Waals surface area contributed by atoms with E-state index >= 15 is 0 Å². The number of hydrogen-bond acceptors (Lipinski definition) is 2. The molecule has 1 aromatic rings. The minimum absolute atomic E-state index is 0.917. The Balaban J connectivity index is 1.66. The van der Waals surface area contributed by atoms with Crippen molar-refractivity contribution in [3.63, 3.8) is 0 Å². The molecule has 1 aliphatic rings. The molecule has 2 rings (SSSR count). The molecule has 0 atom stereocenters. The number of rotatable bonds is 4. The third kappa shape index (κ3) is 3.63. The highest BCUT2D eigenvalue weighted by Gasteiger charge is 2.12. The van der Waals surface area contributed by atoms with Gasteiger partial charge in [-0.3, -0.25) is 4.98 Å². The van der Waals surface area contributed by atoms with Crippen molar-refractivity contribution >= 4 is 0 Å². The SMILES string of the molecule is c1cc(CNCC2CCCCC2)ccn1. The molecular formula is C13H20N2. The van der Waals surface area contributed by atoms with Crippen LogP contribution in [0.2, 0.25) is 0 Å². The highest BCUT2D eigenvalue weighted by atomic mass is 14.9. The highest BCUT2D eigenvalue weighted by Crippen LogP contribution is 2.22. The van der Waals surface area contributed by atoms with Crippen molar-refractivity contribution in [3.8, 4) is 0 Å². The van der Waals surface area contributed by atoms with Crippen molar-refractivity contribution in [2.45, 2.75) is 38.6 Å². The minimum Gasteiger partial charge on any atom is -0.312 e. The fraction of sp³-hybridized carbons (Fsp3) is 0.615. The van der Waals surface area contributed by atoms with Crippen LogP contribution in [0.3, 0.4) is 0 Å². The Hall–Kier alpha value is -0.890. The van der Waals surface area contributed by atoms with Crippen LogP contribution >= 0.6 is 0 Å². The summed E-state index contributed by atoms with van der Waals surface area (Å²) in [5.41, 5.74) is 1.33. The quantitative estimate of drug-likeness (QED) is 0.815. The average Bonchev–Trinajstić information content (AvgIpc) is 2.32. The Morgan fingerprint density at radius 2 is 1.87 bits per heavy atom. The van der Waals surface area contributed by atoms with Crippen LogP contribution in [0, 0.1) is 5.92 Å². The summed E-state index contributed by atoms with van der Waals surface area (Å²) in [6, 6.07) is 4.15. The lowest BCUT2D eigenvalue weighted by atomic mass is 9.89. The summed E-state index contributed by atoms with van der Waals surface area (Å²) >= 11 is 0. The van der Waals surface area contributed by atoms with Gasteiger partial charge in [0.15, 0.2) is 0 Å². The van der Waals surface area contributed by atoms with Crippen LogP contribution in [0.15, 0.2) is 24.5 Å². The molecule has 15 heavy (non-hydrogen) atoms.